The Morgan fingerprint density at radius 3 is 2.23 bits per heavy atom. The highest BCUT2D eigenvalue weighted by molar-refractivity contribution is 7.86. The van der Waals surface area contributed by atoms with Crippen LogP contribution in [-0.2, 0) is 20.2 Å². The molecule has 0 atom stereocenters. The number of phenols is 1. The fourth-order valence-corrected chi connectivity index (χ4v) is 5.10. The second-order valence-electron chi connectivity index (χ2n) is 8.77. The summed E-state index contributed by atoms with van der Waals surface area (Å²) in [5.41, 5.74) is -0.702. The van der Waals surface area contributed by atoms with Crippen molar-refractivity contribution < 1.29 is 31.0 Å². The van der Waals surface area contributed by atoms with Gasteiger partial charge in [-0.2, -0.15) is 42.0 Å². The summed E-state index contributed by atoms with van der Waals surface area (Å²) in [6, 6.07) is 2.82. The molecule has 0 aliphatic carbocycles. The van der Waals surface area contributed by atoms with E-state index >= 15 is 0 Å². The van der Waals surface area contributed by atoms with Crippen LogP contribution < -0.4 is 10.6 Å². The molecule has 2 aromatic carbocycles. The molecule has 0 aliphatic rings. The topological polar surface area (TPSA) is 216 Å². The van der Waals surface area contributed by atoms with Crippen molar-refractivity contribution in [1.82, 2.24) is 15.0 Å². The first-order chi connectivity index (χ1) is 18.8. The molecule has 0 fully saturated rings. The third-order valence-electron chi connectivity index (χ3n) is 5.65. The van der Waals surface area contributed by atoms with Crippen LogP contribution in [0.1, 0.15) is 52.4 Å². The number of halogens is 1. The Morgan fingerprint density at radius 1 is 0.900 bits per heavy atom. The summed E-state index contributed by atoms with van der Waals surface area (Å²) in [6.07, 6.45) is 5.26. The van der Waals surface area contributed by atoms with Crippen molar-refractivity contribution in [3.8, 4) is 5.75 Å². The third-order valence-corrected chi connectivity index (χ3v) is 7.52. The first-order valence-corrected chi connectivity index (χ1v) is 15.7. The quantitative estimate of drug-likeness (QED) is 0.0863. The van der Waals surface area contributed by atoms with E-state index in [1.165, 1.54) is 0 Å². The molecule has 0 bridgehead atoms. The molecule has 17 heteroatoms. The van der Waals surface area contributed by atoms with E-state index in [4.69, 9.17) is 11.6 Å². The first-order valence-electron chi connectivity index (χ1n) is 12.4. The van der Waals surface area contributed by atoms with E-state index in [2.05, 4.69) is 42.7 Å². The average Bonchev–Trinajstić information content (AvgIpc) is 2.85. The summed E-state index contributed by atoms with van der Waals surface area (Å²) in [6.45, 7) is 4.84. The van der Waals surface area contributed by atoms with Gasteiger partial charge in [-0.15, -0.1) is 0 Å². The standard InChI is InChI=1S/C23H30ClN7O7S2/c1-3-5-7-9-25-22-28-21(24)29-23(30-22)27-16-13-15(39(33,34)35)11-14-12-17(40(36,37)38)19(20(32)18(14)16)31-26-10-8-6-4-2/h11-13,32H,3-10H2,1-2H3,(H,33,34,35)(H,36,37,38)(H2,25,27,28,29,30). The van der Waals surface area contributed by atoms with Gasteiger partial charge in [-0.25, -0.2) is 0 Å². The van der Waals surface area contributed by atoms with Gasteiger partial charge in [0.05, 0.1) is 17.1 Å². The number of hydrogen-bond acceptors (Lipinski definition) is 12. The first kappa shape index (κ1) is 31.3. The van der Waals surface area contributed by atoms with Crippen LogP contribution in [0.4, 0.5) is 23.3 Å². The third kappa shape index (κ3) is 8.17. The van der Waals surface area contributed by atoms with Gasteiger partial charge in [-0.3, -0.25) is 9.11 Å². The lowest BCUT2D eigenvalue weighted by molar-refractivity contribution is 0.472. The van der Waals surface area contributed by atoms with Crippen molar-refractivity contribution in [3.05, 3.63) is 23.5 Å². The molecule has 218 valence electrons. The highest BCUT2D eigenvalue weighted by Crippen LogP contribution is 2.45. The van der Waals surface area contributed by atoms with Gasteiger partial charge < -0.3 is 15.7 Å². The van der Waals surface area contributed by atoms with Gasteiger partial charge in [-0.1, -0.05) is 39.5 Å². The molecule has 0 unspecified atom stereocenters. The Hall–Kier alpha value is -3.18. The zero-order valence-corrected chi connectivity index (χ0v) is 24.2. The minimum atomic E-state index is -4.94. The number of fused-ring (bicyclic) bond motifs is 1. The van der Waals surface area contributed by atoms with Gasteiger partial charge in [-0.05, 0) is 48.0 Å². The van der Waals surface area contributed by atoms with Gasteiger partial charge in [0, 0.05) is 11.9 Å². The number of phenolic OH excluding ortho intramolecular Hbond substituents is 1. The summed E-state index contributed by atoms with van der Waals surface area (Å²) >= 11 is 6.05. The molecule has 0 spiro atoms. The molecule has 3 aromatic rings. The van der Waals surface area contributed by atoms with Crippen molar-refractivity contribution in [2.75, 3.05) is 23.7 Å². The van der Waals surface area contributed by atoms with Gasteiger partial charge >= 0.3 is 0 Å². The highest BCUT2D eigenvalue weighted by Gasteiger charge is 2.25. The van der Waals surface area contributed by atoms with Crippen LogP contribution in [0, 0.1) is 0 Å². The lowest BCUT2D eigenvalue weighted by Crippen LogP contribution is -2.09. The molecule has 5 N–H and O–H groups in total. The van der Waals surface area contributed by atoms with Crippen molar-refractivity contribution >= 4 is 65.9 Å². The van der Waals surface area contributed by atoms with Crippen LogP contribution in [0.3, 0.4) is 0 Å². The maximum absolute atomic E-state index is 12.2. The van der Waals surface area contributed by atoms with Crippen LogP contribution in [0.2, 0.25) is 5.28 Å². The molecule has 14 nitrogen and oxygen atoms in total. The molecular formula is C23H30ClN7O7S2. The zero-order chi connectivity index (χ0) is 29.5. The Bertz CT molecular complexity index is 1620. The fraction of sp³-hybridized carbons (Fsp3) is 0.435. The van der Waals surface area contributed by atoms with Gasteiger partial charge in [0.15, 0.2) is 5.75 Å². The minimum absolute atomic E-state index is 0.115. The van der Waals surface area contributed by atoms with Gasteiger partial charge in [0.1, 0.15) is 10.6 Å². The number of aromatic nitrogens is 3. The van der Waals surface area contributed by atoms with Crippen molar-refractivity contribution in [1.29, 1.82) is 0 Å². The Kier molecular flexibility index (Phi) is 10.5. The average molecular weight is 616 g/mol. The minimum Gasteiger partial charge on any atom is -0.505 e. The summed E-state index contributed by atoms with van der Waals surface area (Å²) in [5, 5.41) is 24.2. The van der Waals surface area contributed by atoms with E-state index in [0.717, 1.165) is 50.3 Å². The molecule has 0 radical (unpaired) electrons. The van der Waals surface area contributed by atoms with Crippen LogP contribution in [0.25, 0.3) is 10.8 Å². The number of nitrogens with one attached hydrogen (secondary N) is 2. The number of benzene rings is 2. The van der Waals surface area contributed by atoms with Crippen molar-refractivity contribution in [2.24, 2.45) is 10.2 Å². The number of hydrogen-bond donors (Lipinski definition) is 5. The maximum atomic E-state index is 12.2. The lowest BCUT2D eigenvalue weighted by atomic mass is 10.1. The number of anilines is 3. The lowest BCUT2D eigenvalue weighted by Gasteiger charge is -2.15. The smallest absolute Gasteiger partial charge is 0.296 e. The molecule has 1 heterocycles. The number of nitrogens with zero attached hydrogens (tertiary/aromatic N) is 5. The Balaban J connectivity index is 2.20. The number of rotatable bonds is 14. The van der Waals surface area contributed by atoms with E-state index < -0.39 is 41.5 Å². The van der Waals surface area contributed by atoms with Crippen LogP contribution in [0.5, 0.6) is 5.75 Å². The second-order valence-corrected chi connectivity index (χ2v) is 11.9. The predicted molar refractivity (Wildman–Crippen MR) is 150 cm³/mol. The monoisotopic (exact) mass is 615 g/mol. The van der Waals surface area contributed by atoms with Crippen LogP contribution >= 0.6 is 11.6 Å². The molecule has 0 amide bonds. The van der Waals surface area contributed by atoms with E-state index in [0.29, 0.717) is 13.0 Å². The van der Waals surface area contributed by atoms with Crippen LogP contribution in [-0.4, -0.2) is 59.1 Å². The van der Waals surface area contributed by atoms with Crippen LogP contribution in [0.15, 0.2) is 38.2 Å². The van der Waals surface area contributed by atoms with E-state index in [9.17, 15) is 31.0 Å². The summed E-state index contributed by atoms with van der Waals surface area (Å²) in [4.78, 5) is 10.7. The molecule has 0 saturated carbocycles. The highest BCUT2D eigenvalue weighted by atomic mass is 35.5. The number of azo groups is 1. The predicted octanol–water partition coefficient (Wildman–Crippen LogP) is 5.50. The summed E-state index contributed by atoms with van der Waals surface area (Å²) in [5.74, 6) is -0.743. The number of aromatic hydroxyl groups is 1. The molecular weight excluding hydrogens is 586 g/mol. The SMILES string of the molecule is CCCCCN=Nc1c(S(=O)(=O)O)cc2cc(S(=O)(=O)O)cc(Nc3nc(Cl)nc(NCCCCC)n3)c2c1O. The molecule has 1 aromatic heterocycles. The van der Waals surface area contributed by atoms with Gasteiger partial charge in [0.25, 0.3) is 20.2 Å². The molecule has 3 rings (SSSR count). The second kappa shape index (κ2) is 13.5. The molecule has 0 aliphatic heterocycles. The van der Waals surface area contributed by atoms with Gasteiger partial charge in [0.2, 0.25) is 17.2 Å². The Morgan fingerprint density at radius 2 is 1.57 bits per heavy atom. The fourth-order valence-electron chi connectivity index (χ4n) is 3.73. The van der Waals surface area contributed by atoms with Crippen molar-refractivity contribution in [2.45, 2.75) is 62.2 Å². The summed E-state index contributed by atoms with van der Waals surface area (Å²) in [7, 11) is -9.75. The summed E-state index contributed by atoms with van der Waals surface area (Å²) < 4.78 is 67.9. The normalized spacial score (nSPS) is 12.3. The zero-order valence-electron chi connectivity index (χ0n) is 21.8. The Labute approximate surface area is 236 Å². The van der Waals surface area contributed by atoms with Crippen molar-refractivity contribution in [3.63, 3.8) is 0 Å². The number of unbranched alkanes of at least 4 members (excludes halogenated alkanes) is 4. The van der Waals surface area contributed by atoms with E-state index in [1.54, 1.807) is 0 Å². The van der Waals surface area contributed by atoms with E-state index in [1.807, 2.05) is 6.92 Å². The molecule has 0 saturated heterocycles. The maximum Gasteiger partial charge on any atom is 0.296 e. The largest absolute Gasteiger partial charge is 0.505 e. The molecule has 40 heavy (non-hydrogen) atoms. The van der Waals surface area contributed by atoms with E-state index in [-0.39, 0.29) is 40.2 Å².